The molecule has 1 aliphatic heterocycles. The van der Waals surface area contributed by atoms with Gasteiger partial charge in [0.1, 0.15) is 0 Å². The van der Waals surface area contributed by atoms with E-state index in [1.165, 1.54) is 35.3 Å². The zero-order valence-corrected chi connectivity index (χ0v) is 10.5. The normalized spacial score (nSPS) is 14.4. The number of rotatable bonds is 2. The van der Waals surface area contributed by atoms with Gasteiger partial charge in [-0.1, -0.05) is 36.4 Å². The number of para-hydroxylation sites is 2. The Balaban J connectivity index is 2.08. The minimum Gasteiger partial charge on any atom is -0.341 e. The molecule has 1 heterocycles. The van der Waals surface area contributed by atoms with Crippen molar-refractivity contribution < 1.29 is 0 Å². The molecule has 18 heavy (non-hydrogen) atoms. The first-order chi connectivity index (χ1) is 8.90. The maximum Gasteiger partial charge on any atom is 0.0456 e. The summed E-state index contributed by atoms with van der Waals surface area (Å²) in [5.41, 5.74) is 11.1. The Morgan fingerprint density at radius 3 is 2.50 bits per heavy atom. The summed E-state index contributed by atoms with van der Waals surface area (Å²) in [4.78, 5) is 2.40. The number of nitrogens with two attached hydrogens (primary N) is 1. The first kappa shape index (κ1) is 11.3. The zero-order chi connectivity index (χ0) is 12.4. The molecule has 2 aromatic carbocycles. The number of nitrogens with zero attached hydrogens (tertiary/aromatic N) is 1. The standard InChI is InChI=1S/C16H18N2/c17-12-14-7-2-4-10-16(14)18-11-5-8-13-6-1-3-9-15(13)18/h1-4,6-7,9-10H,5,8,11-12,17H2. The molecule has 1 aliphatic rings. The Morgan fingerprint density at radius 2 is 1.67 bits per heavy atom. The van der Waals surface area contributed by atoms with Crippen molar-refractivity contribution >= 4 is 11.4 Å². The van der Waals surface area contributed by atoms with Gasteiger partial charge >= 0.3 is 0 Å². The summed E-state index contributed by atoms with van der Waals surface area (Å²) in [5, 5.41) is 0. The Labute approximate surface area is 108 Å². The average molecular weight is 238 g/mol. The third-order valence-electron chi connectivity index (χ3n) is 3.61. The lowest BCUT2D eigenvalue weighted by Crippen LogP contribution is -2.25. The molecule has 2 aromatic rings. The highest BCUT2D eigenvalue weighted by Crippen LogP contribution is 2.34. The fourth-order valence-corrected chi connectivity index (χ4v) is 2.73. The fraction of sp³-hybridized carbons (Fsp3) is 0.250. The van der Waals surface area contributed by atoms with Crippen LogP contribution in [0.4, 0.5) is 11.4 Å². The van der Waals surface area contributed by atoms with E-state index < -0.39 is 0 Å². The summed E-state index contributed by atoms with van der Waals surface area (Å²) in [7, 11) is 0. The van der Waals surface area contributed by atoms with Crippen LogP contribution in [0.25, 0.3) is 0 Å². The van der Waals surface area contributed by atoms with E-state index in [4.69, 9.17) is 5.73 Å². The number of fused-ring (bicyclic) bond motifs is 1. The van der Waals surface area contributed by atoms with Gasteiger partial charge in [0.15, 0.2) is 0 Å². The largest absolute Gasteiger partial charge is 0.341 e. The summed E-state index contributed by atoms with van der Waals surface area (Å²) < 4.78 is 0. The molecule has 2 heteroatoms. The van der Waals surface area contributed by atoms with Crippen LogP contribution in [0.15, 0.2) is 48.5 Å². The predicted octanol–water partition coefficient (Wildman–Crippen LogP) is 3.23. The summed E-state index contributed by atoms with van der Waals surface area (Å²) in [5.74, 6) is 0. The number of anilines is 2. The van der Waals surface area contributed by atoms with Crippen molar-refractivity contribution in [2.24, 2.45) is 5.73 Å². The van der Waals surface area contributed by atoms with Crippen molar-refractivity contribution in [2.45, 2.75) is 19.4 Å². The zero-order valence-electron chi connectivity index (χ0n) is 10.5. The van der Waals surface area contributed by atoms with Crippen LogP contribution in [0.1, 0.15) is 17.5 Å². The first-order valence-corrected chi connectivity index (χ1v) is 6.53. The molecule has 0 radical (unpaired) electrons. The van der Waals surface area contributed by atoms with Gasteiger partial charge in [-0.05, 0) is 36.1 Å². The molecule has 0 atom stereocenters. The molecule has 3 rings (SSSR count). The third-order valence-corrected chi connectivity index (χ3v) is 3.61. The molecule has 0 unspecified atom stereocenters. The maximum atomic E-state index is 5.85. The summed E-state index contributed by atoms with van der Waals surface area (Å²) in [6.45, 7) is 1.67. The predicted molar refractivity (Wildman–Crippen MR) is 76.1 cm³/mol. The molecule has 0 saturated carbocycles. The van der Waals surface area contributed by atoms with Crippen LogP contribution in [-0.2, 0) is 13.0 Å². The molecule has 92 valence electrons. The lowest BCUT2D eigenvalue weighted by Gasteiger charge is -2.32. The summed E-state index contributed by atoms with van der Waals surface area (Å²) in [6.07, 6.45) is 2.38. The first-order valence-electron chi connectivity index (χ1n) is 6.53. The number of hydrogen-bond acceptors (Lipinski definition) is 2. The van der Waals surface area contributed by atoms with Crippen molar-refractivity contribution in [3.8, 4) is 0 Å². The number of hydrogen-bond donors (Lipinski definition) is 1. The maximum absolute atomic E-state index is 5.85. The van der Waals surface area contributed by atoms with Crippen LogP contribution in [0.2, 0.25) is 0 Å². The molecule has 0 spiro atoms. The van der Waals surface area contributed by atoms with Crippen LogP contribution in [0.5, 0.6) is 0 Å². The van der Waals surface area contributed by atoms with Gasteiger partial charge in [-0.15, -0.1) is 0 Å². The van der Waals surface area contributed by atoms with Gasteiger partial charge in [-0.2, -0.15) is 0 Å². The molecule has 2 N–H and O–H groups in total. The van der Waals surface area contributed by atoms with Crippen molar-refractivity contribution in [3.05, 3.63) is 59.7 Å². The summed E-state index contributed by atoms with van der Waals surface area (Å²) in [6, 6.07) is 17.1. The van der Waals surface area contributed by atoms with Crippen LogP contribution in [0, 0.1) is 0 Å². The van der Waals surface area contributed by atoms with Crippen LogP contribution < -0.4 is 10.6 Å². The Bertz CT molecular complexity index is 548. The highest BCUT2D eigenvalue weighted by molar-refractivity contribution is 5.70. The highest BCUT2D eigenvalue weighted by Gasteiger charge is 2.18. The number of aryl methyl sites for hydroxylation is 1. The van der Waals surface area contributed by atoms with Gasteiger partial charge in [0, 0.05) is 24.5 Å². The van der Waals surface area contributed by atoms with Crippen molar-refractivity contribution in [1.29, 1.82) is 0 Å². The molecule has 0 aromatic heterocycles. The van der Waals surface area contributed by atoms with E-state index in [0.29, 0.717) is 6.54 Å². The van der Waals surface area contributed by atoms with Gasteiger partial charge in [0.05, 0.1) is 0 Å². The van der Waals surface area contributed by atoms with Gasteiger partial charge in [0.25, 0.3) is 0 Å². The molecule has 2 nitrogen and oxygen atoms in total. The minimum atomic E-state index is 0.592. The van der Waals surface area contributed by atoms with E-state index in [-0.39, 0.29) is 0 Å². The topological polar surface area (TPSA) is 29.3 Å². The lowest BCUT2D eigenvalue weighted by molar-refractivity contribution is 0.763. The molecule has 0 bridgehead atoms. The van der Waals surface area contributed by atoms with E-state index in [0.717, 1.165) is 6.54 Å². The third kappa shape index (κ3) is 1.89. The molecule has 0 saturated heterocycles. The second-order valence-electron chi connectivity index (χ2n) is 4.72. The van der Waals surface area contributed by atoms with Gasteiger partial charge in [-0.25, -0.2) is 0 Å². The fourth-order valence-electron chi connectivity index (χ4n) is 2.73. The molecule has 0 amide bonds. The van der Waals surface area contributed by atoms with Gasteiger partial charge < -0.3 is 10.6 Å². The average Bonchev–Trinajstić information content (AvgIpc) is 2.46. The molecule has 0 fully saturated rings. The van der Waals surface area contributed by atoms with E-state index in [2.05, 4.69) is 53.4 Å². The van der Waals surface area contributed by atoms with E-state index >= 15 is 0 Å². The Hall–Kier alpha value is -1.80. The van der Waals surface area contributed by atoms with Crippen molar-refractivity contribution in [3.63, 3.8) is 0 Å². The minimum absolute atomic E-state index is 0.592. The monoisotopic (exact) mass is 238 g/mol. The van der Waals surface area contributed by atoms with Crippen molar-refractivity contribution in [2.75, 3.05) is 11.4 Å². The van der Waals surface area contributed by atoms with Gasteiger partial charge in [0.2, 0.25) is 0 Å². The van der Waals surface area contributed by atoms with E-state index in [1.807, 2.05) is 0 Å². The smallest absolute Gasteiger partial charge is 0.0456 e. The van der Waals surface area contributed by atoms with Crippen LogP contribution in [-0.4, -0.2) is 6.54 Å². The van der Waals surface area contributed by atoms with Gasteiger partial charge in [-0.3, -0.25) is 0 Å². The van der Waals surface area contributed by atoms with E-state index in [9.17, 15) is 0 Å². The van der Waals surface area contributed by atoms with Crippen molar-refractivity contribution in [1.82, 2.24) is 0 Å². The van der Waals surface area contributed by atoms with Crippen LogP contribution >= 0.6 is 0 Å². The molecule has 0 aliphatic carbocycles. The van der Waals surface area contributed by atoms with Crippen LogP contribution in [0.3, 0.4) is 0 Å². The second-order valence-corrected chi connectivity index (χ2v) is 4.72. The quantitative estimate of drug-likeness (QED) is 0.870. The second kappa shape index (κ2) is 4.83. The SMILES string of the molecule is NCc1ccccc1N1CCCc2ccccc21. The molecular weight excluding hydrogens is 220 g/mol. The lowest BCUT2D eigenvalue weighted by atomic mass is 10.00. The van der Waals surface area contributed by atoms with E-state index in [1.54, 1.807) is 0 Å². The number of benzene rings is 2. The Kier molecular flexibility index (Phi) is 3.03. The molecular formula is C16H18N2. The highest BCUT2D eigenvalue weighted by atomic mass is 15.1. The Morgan fingerprint density at radius 1 is 0.944 bits per heavy atom. The summed E-state index contributed by atoms with van der Waals surface area (Å²) >= 11 is 0.